The van der Waals surface area contributed by atoms with Crippen molar-refractivity contribution in [1.29, 1.82) is 0 Å². The molecule has 0 aromatic heterocycles. The van der Waals surface area contributed by atoms with E-state index in [9.17, 15) is 9.59 Å². The molecule has 5 rings (SSSR count). The Hall–Kier alpha value is -4.86. The molecule has 2 N–H and O–H groups in total. The molecule has 0 unspecified atom stereocenters. The van der Waals surface area contributed by atoms with E-state index in [-0.39, 0.29) is 18.4 Å². The number of carbonyl (C=O) groups is 2. The van der Waals surface area contributed by atoms with Gasteiger partial charge >= 0.3 is 0 Å². The van der Waals surface area contributed by atoms with Gasteiger partial charge in [-0.3, -0.25) is 14.5 Å². The van der Waals surface area contributed by atoms with Crippen LogP contribution in [0, 0.1) is 0 Å². The third kappa shape index (κ3) is 8.59. The summed E-state index contributed by atoms with van der Waals surface area (Å²) in [4.78, 5) is 29.5. The second-order valence-corrected chi connectivity index (χ2v) is 10.7. The molecule has 0 atom stereocenters. The van der Waals surface area contributed by atoms with Crippen molar-refractivity contribution in [3.05, 3.63) is 119 Å². The third-order valence-corrected chi connectivity index (χ3v) is 7.39. The molecule has 0 spiro atoms. The van der Waals surface area contributed by atoms with Gasteiger partial charge in [-0.05, 0) is 77.9 Å². The maximum atomic E-state index is 12.6. The average molecular weight is 612 g/mol. The van der Waals surface area contributed by atoms with Gasteiger partial charge in [0.25, 0.3) is 11.8 Å². The van der Waals surface area contributed by atoms with Crippen LogP contribution in [0.2, 0.25) is 5.02 Å². The van der Waals surface area contributed by atoms with Crippen LogP contribution >= 0.6 is 11.6 Å². The number of methoxy groups -OCH3 is 1. The molecule has 0 saturated carbocycles. The molecule has 9 nitrogen and oxygen atoms in total. The normalized spacial score (nSPS) is 13.5. The Labute approximate surface area is 262 Å². The molecule has 1 saturated heterocycles. The zero-order valence-electron chi connectivity index (χ0n) is 24.4. The first-order chi connectivity index (χ1) is 21.5. The predicted molar refractivity (Wildman–Crippen MR) is 174 cm³/mol. The molecule has 1 aliphatic heterocycles. The monoisotopic (exact) mass is 611 g/mol. The number of halogens is 1. The molecule has 2 amide bonds. The van der Waals surface area contributed by atoms with E-state index < -0.39 is 0 Å². The topological polar surface area (TPSA) is 95.5 Å². The number of benzene rings is 4. The van der Waals surface area contributed by atoms with Gasteiger partial charge in [0.1, 0.15) is 11.5 Å². The molecule has 10 heteroatoms. The number of ether oxygens (including phenoxy) is 2. The standard InChI is InChI=1S/C34H34ClN5O4/c1-43-32-8-3-2-7-31(32)40-19-17-39(18-20-40)23-26-9-13-27(14-10-26)34(42)38-36-22-25-11-15-30(16-12-25)44-24-33(41)37-29-6-4-5-28(35)21-29/h2-16,21-22H,17-20,23-24H2,1H3,(H,37,41)(H,38,42)/b36-22-. The minimum Gasteiger partial charge on any atom is -0.495 e. The van der Waals surface area contributed by atoms with E-state index in [4.69, 9.17) is 21.1 Å². The Morgan fingerprint density at radius 1 is 0.909 bits per heavy atom. The molecular weight excluding hydrogens is 578 g/mol. The van der Waals surface area contributed by atoms with E-state index in [1.807, 2.05) is 42.5 Å². The van der Waals surface area contributed by atoms with Gasteiger partial charge in [-0.25, -0.2) is 5.43 Å². The Morgan fingerprint density at radius 2 is 1.66 bits per heavy atom. The van der Waals surface area contributed by atoms with Crippen molar-refractivity contribution in [2.24, 2.45) is 5.10 Å². The summed E-state index contributed by atoms with van der Waals surface area (Å²) in [6.07, 6.45) is 1.55. The number of para-hydroxylation sites is 2. The van der Waals surface area contributed by atoms with E-state index in [2.05, 4.69) is 31.7 Å². The van der Waals surface area contributed by atoms with Crippen molar-refractivity contribution in [1.82, 2.24) is 10.3 Å². The quantitative estimate of drug-likeness (QED) is 0.173. The van der Waals surface area contributed by atoms with Crippen molar-refractivity contribution in [3.8, 4) is 11.5 Å². The van der Waals surface area contributed by atoms with E-state index >= 15 is 0 Å². The Kier molecular flexibility index (Phi) is 10.5. The fraction of sp³-hybridized carbons (Fsp3) is 0.206. The summed E-state index contributed by atoms with van der Waals surface area (Å²) in [6.45, 7) is 4.43. The van der Waals surface area contributed by atoms with Gasteiger partial charge in [-0.15, -0.1) is 0 Å². The van der Waals surface area contributed by atoms with Gasteiger partial charge in [0.2, 0.25) is 0 Å². The number of rotatable bonds is 11. The minimum absolute atomic E-state index is 0.144. The van der Waals surface area contributed by atoms with Gasteiger partial charge < -0.3 is 19.7 Å². The molecule has 4 aromatic carbocycles. The summed E-state index contributed by atoms with van der Waals surface area (Å²) in [6, 6.07) is 29.7. The summed E-state index contributed by atoms with van der Waals surface area (Å²) in [5, 5.41) is 7.34. The predicted octanol–water partition coefficient (Wildman–Crippen LogP) is 5.45. The van der Waals surface area contributed by atoms with Crippen LogP contribution in [-0.4, -0.2) is 62.8 Å². The molecular formula is C34H34ClN5O4. The lowest BCUT2D eigenvalue weighted by Crippen LogP contribution is -2.46. The first-order valence-electron chi connectivity index (χ1n) is 14.3. The second-order valence-electron chi connectivity index (χ2n) is 10.2. The van der Waals surface area contributed by atoms with Crippen molar-refractivity contribution < 1.29 is 19.1 Å². The first-order valence-corrected chi connectivity index (χ1v) is 14.7. The van der Waals surface area contributed by atoms with Gasteiger partial charge in [0.15, 0.2) is 6.61 Å². The fourth-order valence-electron chi connectivity index (χ4n) is 4.85. The maximum Gasteiger partial charge on any atom is 0.271 e. The van der Waals surface area contributed by atoms with Crippen LogP contribution < -0.4 is 25.1 Å². The van der Waals surface area contributed by atoms with Crippen LogP contribution in [0.3, 0.4) is 0 Å². The lowest BCUT2D eigenvalue weighted by Gasteiger charge is -2.36. The van der Waals surface area contributed by atoms with Crippen molar-refractivity contribution in [2.75, 3.05) is 50.1 Å². The fourth-order valence-corrected chi connectivity index (χ4v) is 5.04. The second kappa shape index (κ2) is 15.0. The summed E-state index contributed by atoms with van der Waals surface area (Å²) in [5.41, 5.74) is 6.76. The Bertz CT molecular complexity index is 1590. The smallest absolute Gasteiger partial charge is 0.271 e. The van der Waals surface area contributed by atoms with Gasteiger partial charge in [0, 0.05) is 49.0 Å². The highest BCUT2D eigenvalue weighted by Crippen LogP contribution is 2.28. The number of hydrogen-bond acceptors (Lipinski definition) is 7. The molecule has 0 bridgehead atoms. The number of nitrogens with one attached hydrogen (secondary N) is 2. The highest BCUT2D eigenvalue weighted by molar-refractivity contribution is 6.30. The molecule has 1 aliphatic rings. The number of carbonyl (C=O) groups excluding carboxylic acids is 2. The van der Waals surface area contributed by atoms with Gasteiger partial charge in [-0.1, -0.05) is 41.9 Å². The number of amides is 2. The lowest BCUT2D eigenvalue weighted by atomic mass is 10.1. The molecule has 4 aromatic rings. The number of hydrogen-bond donors (Lipinski definition) is 2. The number of hydrazone groups is 1. The maximum absolute atomic E-state index is 12.6. The Morgan fingerprint density at radius 3 is 2.39 bits per heavy atom. The number of anilines is 2. The Balaban J connectivity index is 1.03. The summed E-state index contributed by atoms with van der Waals surface area (Å²) in [5.74, 6) is 0.849. The van der Waals surface area contributed by atoms with E-state index in [1.54, 1.807) is 61.9 Å². The molecule has 226 valence electrons. The minimum atomic E-state index is -0.295. The van der Waals surface area contributed by atoms with Crippen molar-refractivity contribution in [3.63, 3.8) is 0 Å². The first kappa shape index (κ1) is 30.6. The van der Waals surface area contributed by atoms with Gasteiger partial charge in [0.05, 0.1) is 19.0 Å². The molecule has 1 fully saturated rings. The van der Waals surface area contributed by atoms with Crippen LogP contribution in [0.15, 0.2) is 102 Å². The van der Waals surface area contributed by atoms with Crippen LogP contribution in [-0.2, 0) is 11.3 Å². The zero-order valence-corrected chi connectivity index (χ0v) is 25.2. The van der Waals surface area contributed by atoms with E-state index in [0.717, 1.165) is 55.3 Å². The molecule has 0 radical (unpaired) electrons. The zero-order chi connectivity index (χ0) is 30.7. The molecule has 1 heterocycles. The van der Waals surface area contributed by atoms with Crippen LogP contribution in [0.25, 0.3) is 0 Å². The average Bonchev–Trinajstić information content (AvgIpc) is 3.05. The lowest BCUT2D eigenvalue weighted by molar-refractivity contribution is -0.118. The summed E-state index contributed by atoms with van der Waals surface area (Å²) >= 11 is 5.94. The summed E-state index contributed by atoms with van der Waals surface area (Å²) in [7, 11) is 1.71. The van der Waals surface area contributed by atoms with E-state index in [1.165, 1.54) is 0 Å². The molecule has 0 aliphatic carbocycles. The highest BCUT2D eigenvalue weighted by atomic mass is 35.5. The van der Waals surface area contributed by atoms with Crippen LogP contribution in [0.5, 0.6) is 11.5 Å². The summed E-state index contributed by atoms with van der Waals surface area (Å²) < 4.78 is 11.1. The van der Waals surface area contributed by atoms with E-state index in [0.29, 0.717) is 22.0 Å². The third-order valence-electron chi connectivity index (χ3n) is 7.16. The largest absolute Gasteiger partial charge is 0.495 e. The molecule has 44 heavy (non-hydrogen) atoms. The van der Waals surface area contributed by atoms with Crippen LogP contribution in [0.1, 0.15) is 21.5 Å². The van der Waals surface area contributed by atoms with Crippen molar-refractivity contribution in [2.45, 2.75) is 6.54 Å². The van der Waals surface area contributed by atoms with Gasteiger partial charge in [-0.2, -0.15) is 5.10 Å². The van der Waals surface area contributed by atoms with Crippen molar-refractivity contribution >= 4 is 41.0 Å². The highest BCUT2D eigenvalue weighted by Gasteiger charge is 2.19. The number of piperazine rings is 1. The number of nitrogens with zero attached hydrogens (tertiary/aromatic N) is 3. The van der Waals surface area contributed by atoms with Crippen LogP contribution in [0.4, 0.5) is 11.4 Å². The SMILES string of the molecule is COc1ccccc1N1CCN(Cc2ccc(C(=O)N/N=C\c3ccc(OCC(=O)Nc4cccc(Cl)c4)cc3)cc2)CC1.